The Kier molecular flexibility index (Phi) is 6.82. The number of halogens is 6. The minimum atomic E-state index is -5.15. The van der Waals surface area contributed by atoms with Gasteiger partial charge in [-0.3, -0.25) is 4.79 Å². The summed E-state index contributed by atoms with van der Waals surface area (Å²) in [5, 5.41) is 12.1. The number of carbonyl (C=O) groups excluding carboxylic acids is 1. The molecule has 0 saturated carbocycles. The minimum Gasteiger partial charge on any atom is -0.374 e. The average Bonchev–Trinajstić information content (AvgIpc) is 2.86. The third kappa shape index (κ3) is 6.20. The number of nitrogens with one attached hydrogen (secondary N) is 1. The van der Waals surface area contributed by atoms with Gasteiger partial charge in [0.1, 0.15) is 6.61 Å². The Morgan fingerprint density at radius 3 is 2.44 bits per heavy atom. The van der Waals surface area contributed by atoms with E-state index in [-0.39, 0.29) is 19.6 Å². The first-order valence-corrected chi connectivity index (χ1v) is 7.05. The summed E-state index contributed by atoms with van der Waals surface area (Å²) in [6, 6.07) is 0. The van der Waals surface area contributed by atoms with E-state index in [9.17, 15) is 36.2 Å². The quantitative estimate of drug-likeness (QED) is 0.534. The van der Waals surface area contributed by atoms with Crippen LogP contribution in [0.1, 0.15) is 18.7 Å². The van der Waals surface area contributed by atoms with Crippen LogP contribution in [-0.4, -0.2) is 52.7 Å². The van der Waals surface area contributed by atoms with Crippen molar-refractivity contribution in [2.45, 2.75) is 30.8 Å². The molecule has 1 aromatic rings. The molecule has 0 aliphatic carbocycles. The number of aliphatic hydroxyl groups is 1. The molecule has 0 aliphatic rings. The first-order valence-electron chi connectivity index (χ1n) is 7.05. The molecule has 1 atom stereocenters. The molecule has 0 radical (unpaired) electrons. The van der Waals surface area contributed by atoms with Gasteiger partial charge in [0.2, 0.25) is 11.5 Å². The predicted octanol–water partition coefficient (Wildman–Crippen LogP) is 1.65. The molecule has 0 aromatic carbocycles. The van der Waals surface area contributed by atoms with Crippen molar-refractivity contribution in [2.75, 3.05) is 19.8 Å². The molecule has 2 N–H and O–H groups in total. The van der Waals surface area contributed by atoms with Gasteiger partial charge in [0.15, 0.2) is 5.82 Å². The molecule has 12 heteroatoms. The van der Waals surface area contributed by atoms with Crippen molar-refractivity contribution in [2.24, 2.45) is 7.05 Å². The second kappa shape index (κ2) is 8.04. The summed E-state index contributed by atoms with van der Waals surface area (Å²) in [4.78, 5) is 15.1. The Hall–Kier alpha value is -1.82. The maximum absolute atomic E-state index is 13.2. The Morgan fingerprint density at radius 1 is 1.32 bits per heavy atom. The molecule has 6 nitrogen and oxygen atoms in total. The molecule has 1 aromatic heterocycles. The molecular weight excluding hydrogens is 360 g/mol. The van der Waals surface area contributed by atoms with E-state index in [4.69, 9.17) is 0 Å². The third-order valence-corrected chi connectivity index (χ3v) is 3.13. The molecule has 1 rings (SSSR count). The van der Waals surface area contributed by atoms with E-state index in [0.29, 0.717) is 0 Å². The van der Waals surface area contributed by atoms with Crippen LogP contribution in [-0.2, 0) is 22.2 Å². The van der Waals surface area contributed by atoms with Crippen LogP contribution in [0.15, 0.2) is 12.4 Å². The van der Waals surface area contributed by atoms with Gasteiger partial charge >= 0.3 is 12.4 Å². The summed E-state index contributed by atoms with van der Waals surface area (Å²) in [6.45, 7) is -1.98. The second-order valence-corrected chi connectivity index (χ2v) is 5.27. The third-order valence-electron chi connectivity index (χ3n) is 3.13. The standard InChI is InChI=1S/C13H17F6N3O3/c1-22-5-4-21-10(22)11(24,13(17,18)19)7-9(23)20-3-2-6-25-8-12(14,15)16/h4-5,24H,2-3,6-8H2,1H3,(H,20,23). The van der Waals surface area contributed by atoms with Gasteiger partial charge in [0.05, 0.1) is 6.42 Å². The van der Waals surface area contributed by atoms with Crippen LogP contribution in [0, 0.1) is 0 Å². The number of hydrogen-bond acceptors (Lipinski definition) is 4. The topological polar surface area (TPSA) is 76.4 Å². The number of carbonyl (C=O) groups is 1. The Bertz CT molecular complexity index is 572. The number of hydrogen-bond donors (Lipinski definition) is 2. The number of alkyl halides is 6. The summed E-state index contributed by atoms with van der Waals surface area (Å²) < 4.78 is 80.3. The van der Waals surface area contributed by atoms with Crippen molar-refractivity contribution in [3.8, 4) is 0 Å². The molecule has 144 valence electrons. The van der Waals surface area contributed by atoms with Crippen LogP contribution in [0.3, 0.4) is 0 Å². The van der Waals surface area contributed by atoms with E-state index >= 15 is 0 Å². The van der Waals surface area contributed by atoms with Gasteiger partial charge in [-0.25, -0.2) is 4.98 Å². The van der Waals surface area contributed by atoms with Crippen LogP contribution in [0.25, 0.3) is 0 Å². The fraction of sp³-hybridized carbons (Fsp3) is 0.692. The summed E-state index contributed by atoms with van der Waals surface area (Å²) in [7, 11) is 1.23. The van der Waals surface area contributed by atoms with Crippen LogP contribution in [0.4, 0.5) is 26.3 Å². The molecule has 1 unspecified atom stereocenters. The summed E-state index contributed by atoms with van der Waals surface area (Å²) in [6.07, 6.45) is -8.77. The molecule has 0 fully saturated rings. The van der Waals surface area contributed by atoms with Crippen molar-refractivity contribution < 1.29 is 41.0 Å². The number of imidazole rings is 1. The Balaban J connectivity index is 2.54. The van der Waals surface area contributed by atoms with Crippen LogP contribution >= 0.6 is 0 Å². The fourth-order valence-corrected chi connectivity index (χ4v) is 1.95. The Morgan fingerprint density at radius 2 is 1.96 bits per heavy atom. The lowest BCUT2D eigenvalue weighted by Gasteiger charge is -2.29. The van der Waals surface area contributed by atoms with Gasteiger partial charge in [-0.15, -0.1) is 0 Å². The Labute approximate surface area is 138 Å². The van der Waals surface area contributed by atoms with Crippen LogP contribution in [0.2, 0.25) is 0 Å². The van der Waals surface area contributed by atoms with Crippen LogP contribution < -0.4 is 5.32 Å². The first kappa shape index (κ1) is 21.2. The lowest BCUT2D eigenvalue weighted by atomic mass is 9.97. The predicted molar refractivity (Wildman–Crippen MR) is 72.3 cm³/mol. The number of ether oxygens (including phenoxy) is 1. The van der Waals surface area contributed by atoms with Crippen molar-refractivity contribution in [3.63, 3.8) is 0 Å². The van der Waals surface area contributed by atoms with Gasteiger partial charge < -0.3 is 19.7 Å². The fourth-order valence-electron chi connectivity index (χ4n) is 1.95. The van der Waals surface area contributed by atoms with Gasteiger partial charge in [0.25, 0.3) is 0 Å². The zero-order valence-electron chi connectivity index (χ0n) is 13.1. The lowest BCUT2D eigenvalue weighted by Crippen LogP contribution is -2.48. The van der Waals surface area contributed by atoms with E-state index in [1.54, 1.807) is 0 Å². The van der Waals surface area contributed by atoms with E-state index < -0.39 is 42.7 Å². The molecular formula is C13H17F6N3O3. The molecule has 0 saturated heterocycles. The van der Waals surface area contributed by atoms with E-state index in [1.807, 2.05) is 0 Å². The highest BCUT2D eigenvalue weighted by Crippen LogP contribution is 2.40. The summed E-state index contributed by atoms with van der Waals surface area (Å²) >= 11 is 0. The minimum absolute atomic E-state index is 0.0331. The number of nitrogens with zero attached hydrogens (tertiary/aromatic N) is 2. The smallest absolute Gasteiger partial charge is 0.374 e. The second-order valence-electron chi connectivity index (χ2n) is 5.27. The zero-order valence-corrected chi connectivity index (χ0v) is 13.1. The van der Waals surface area contributed by atoms with E-state index in [0.717, 1.165) is 10.8 Å². The van der Waals surface area contributed by atoms with Gasteiger partial charge in [0, 0.05) is 32.6 Å². The first-order chi connectivity index (χ1) is 11.4. The van der Waals surface area contributed by atoms with Gasteiger partial charge in [-0.05, 0) is 6.42 Å². The highest BCUT2D eigenvalue weighted by atomic mass is 19.4. The van der Waals surface area contributed by atoms with Crippen molar-refractivity contribution in [1.82, 2.24) is 14.9 Å². The lowest BCUT2D eigenvalue weighted by molar-refractivity contribution is -0.271. The molecule has 0 bridgehead atoms. The maximum Gasteiger partial charge on any atom is 0.425 e. The zero-order chi connectivity index (χ0) is 19.3. The number of aromatic nitrogens is 2. The highest BCUT2D eigenvalue weighted by Gasteiger charge is 2.58. The van der Waals surface area contributed by atoms with Gasteiger partial charge in [-0.2, -0.15) is 26.3 Å². The molecule has 1 amide bonds. The number of amides is 1. The molecule has 0 aliphatic heterocycles. The van der Waals surface area contributed by atoms with Gasteiger partial charge in [-0.1, -0.05) is 0 Å². The summed E-state index contributed by atoms with van der Waals surface area (Å²) in [5.74, 6) is -1.87. The SMILES string of the molecule is Cn1ccnc1C(O)(CC(=O)NCCCOCC(F)(F)F)C(F)(F)F. The normalized spacial score (nSPS) is 15.0. The maximum atomic E-state index is 13.2. The van der Waals surface area contributed by atoms with Crippen molar-refractivity contribution >= 4 is 5.91 Å². The summed E-state index contributed by atoms with van der Waals surface area (Å²) in [5.41, 5.74) is -3.48. The van der Waals surface area contributed by atoms with E-state index in [2.05, 4.69) is 15.0 Å². The molecule has 25 heavy (non-hydrogen) atoms. The average molecular weight is 377 g/mol. The van der Waals surface area contributed by atoms with E-state index in [1.165, 1.54) is 13.2 Å². The monoisotopic (exact) mass is 377 g/mol. The van der Waals surface area contributed by atoms with Crippen molar-refractivity contribution in [1.29, 1.82) is 0 Å². The largest absolute Gasteiger partial charge is 0.425 e. The molecule has 1 heterocycles. The number of aryl methyl sites for hydroxylation is 1. The van der Waals surface area contributed by atoms with Crippen molar-refractivity contribution in [3.05, 3.63) is 18.2 Å². The van der Waals surface area contributed by atoms with Crippen LogP contribution in [0.5, 0.6) is 0 Å². The number of rotatable bonds is 8. The molecule has 0 spiro atoms. The highest BCUT2D eigenvalue weighted by molar-refractivity contribution is 5.77.